The average molecular weight is 697 g/mol. The van der Waals surface area contributed by atoms with E-state index < -0.39 is 28.5 Å². The van der Waals surface area contributed by atoms with Crippen molar-refractivity contribution in [3.63, 3.8) is 0 Å². The Hall–Kier alpha value is -4.05. The quantitative estimate of drug-likeness (QED) is 0.143. The molecule has 4 rings (SSSR count). The third-order valence-corrected chi connectivity index (χ3v) is 10.2. The summed E-state index contributed by atoms with van der Waals surface area (Å²) in [6.07, 6.45) is 0.885. The Labute approximate surface area is 287 Å². The van der Waals surface area contributed by atoms with Gasteiger partial charge in [0.15, 0.2) is 0 Å². The van der Waals surface area contributed by atoms with E-state index in [2.05, 4.69) is 5.32 Å². The van der Waals surface area contributed by atoms with Crippen LogP contribution < -0.4 is 14.4 Å². The molecule has 4 aromatic carbocycles. The number of sulfonamides is 1. The van der Waals surface area contributed by atoms with Crippen molar-refractivity contribution in [1.29, 1.82) is 0 Å². The molecular formula is C36H39Cl2N3O5S. The van der Waals surface area contributed by atoms with E-state index >= 15 is 0 Å². The number of benzene rings is 4. The van der Waals surface area contributed by atoms with Gasteiger partial charge < -0.3 is 15.0 Å². The highest BCUT2D eigenvalue weighted by molar-refractivity contribution is 7.92. The molecule has 4 aromatic rings. The summed E-state index contributed by atoms with van der Waals surface area (Å²) in [4.78, 5) is 30.0. The minimum Gasteiger partial charge on any atom is -0.494 e. The van der Waals surface area contributed by atoms with E-state index in [4.69, 9.17) is 27.9 Å². The van der Waals surface area contributed by atoms with Crippen LogP contribution in [0, 0.1) is 0 Å². The van der Waals surface area contributed by atoms with Crippen molar-refractivity contribution in [2.24, 2.45) is 0 Å². The molecule has 0 saturated carbocycles. The molecule has 0 aliphatic rings. The predicted octanol–water partition coefficient (Wildman–Crippen LogP) is 7.14. The zero-order chi connectivity index (χ0) is 34.0. The Balaban J connectivity index is 1.81. The van der Waals surface area contributed by atoms with Gasteiger partial charge in [0.25, 0.3) is 10.0 Å². The SMILES string of the molecule is CCOc1ccc(N(CC(=O)N(Cc2ccc(Cl)c(Cl)c2)[C@H](Cc2ccccc2)C(=O)N[C@H](C)CC)S(=O)(=O)c2ccccc2)cc1. The monoisotopic (exact) mass is 695 g/mol. The number of carbonyl (C=O) groups excluding carboxylic acids is 2. The number of rotatable bonds is 15. The molecule has 0 aromatic heterocycles. The summed E-state index contributed by atoms with van der Waals surface area (Å²) in [6.45, 7) is 5.54. The number of halogens is 2. The molecular weight excluding hydrogens is 657 g/mol. The highest BCUT2D eigenvalue weighted by atomic mass is 35.5. The molecule has 0 bridgehead atoms. The van der Waals surface area contributed by atoms with Crippen LogP contribution in [-0.2, 0) is 32.6 Å². The molecule has 8 nitrogen and oxygen atoms in total. The Kier molecular flexibility index (Phi) is 12.7. The maximum atomic E-state index is 14.6. The Morgan fingerprint density at radius 3 is 2.06 bits per heavy atom. The third-order valence-electron chi connectivity index (χ3n) is 7.65. The number of nitrogens with one attached hydrogen (secondary N) is 1. The van der Waals surface area contributed by atoms with Crippen LogP contribution in [0.1, 0.15) is 38.3 Å². The topological polar surface area (TPSA) is 96.0 Å². The minimum absolute atomic E-state index is 0.0214. The van der Waals surface area contributed by atoms with Gasteiger partial charge in [0.2, 0.25) is 11.8 Å². The summed E-state index contributed by atoms with van der Waals surface area (Å²) in [7, 11) is -4.21. The van der Waals surface area contributed by atoms with Crippen molar-refractivity contribution < 1.29 is 22.7 Å². The first-order valence-corrected chi connectivity index (χ1v) is 17.6. The number of ether oxygens (including phenoxy) is 1. The molecule has 0 saturated heterocycles. The molecule has 0 fully saturated rings. The standard InChI is InChI=1S/C36H39Cl2N3O5S/c1-4-26(3)39-36(43)34(23-27-12-8-6-9-13-27)40(24-28-16-21-32(37)33(38)22-28)35(42)25-41(29-17-19-30(20-18-29)46-5-2)47(44,45)31-14-10-7-11-15-31/h6-22,26,34H,4-5,23-25H2,1-3H3,(H,39,43)/t26-,34-/m1/s1. The van der Waals surface area contributed by atoms with E-state index in [1.54, 1.807) is 60.7 Å². The summed E-state index contributed by atoms with van der Waals surface area (Å²) in [5, 5.41) is 3.67. The van der Waals surface area contributed by atoms with Crippen LogP contribution in [0.4, 0.5) is 5.69 Å². The van der Waals surface area contributed by atoms with Gasteiger partial charge in [-0.25, -0.2) is 8.42 Å². The van der Waals surface area contributed by atoms with Gasteiger partial charge in [0, 0.05) is 19.0 Å². The minimum atomic E-state index is -4.21. The fraction of sp³-hybridized carbons (Fsp3) is 0.278. The van der Waals surface area contributed by atoms with E-state index in [0.29, 0.717) is 34.4 Å². The van der Waals surface area contributed by atoms with Crippen LogP contribution in [0.5, 0.6) is 5.75 Å². The van der Waals surface area contributed by atoms with E-state index in [0.717, 1.165) is 9.87 Å². The molecule has 0 heterocycles. The second-order valence-corrected chi connectivity index (χ2v) is 13.7. The molecule has 0 spiro atoms. The van der Waals surface area contributed by atoms with Gasteiger partial charge in [-0.05, 0) is 79.9 Å². The lowest BCUT2D eigenvalue weighted by Crippen LogP contribution is -2.54. The lowest BCUT2D eigenvalue weighted by Gasteiger charge is -2.34. The van der Waals surface area contributed by atoms with Crippen LogP contribution in [0.2, 0.25) is 10.0 Å². The van der Waals surface area contributed by atoms with Crippen molar-refractivity contribution in [3.8, 4) is 5.75 Å². The van der Waals surface area contributed by atoms with Gasteiger partial charge in [-0.15, -0.1) is 0 Å². The first kappa shape index (κ1) is 35.8. The van der Waals surface area contributed by atoms with E-state index in [9.17, 15) is 18.0 Å². The molecule has 11 heteroatoms. The largest absolute Gasteiger partial charge is 0.494 e. The molecule has 1 N–H and O–H groups in total. The summed E-state index contributed by atoms with van der Waals surface area (Å²) in [6, 6.07) is 27.7. The molecule has 2 amide bonds. The highest BCUT2D eigenvalue weighted by Crippen LogP contribution is 2.28. The van der Waals surface area contributed by atoms with E-state index in [-0.39, 0.29) is 35.5 Å². The van der Waals surface area contributed by atoms with Crippen molar-refractivity contribution in [2.75, 3.05) is 17.5 Å². The average Bonchev–Trinajstić information content (AvgIpc) is 3.08. The Morgan fingerprint density at radius 2 is 1.47 bits per heavy atom. The maximum Gasteiger partial charge on any atom is 0.264 e. The first-order valence-electron chi connectivity index (χ1n) is 15.4. The maximum absolute atomic E-state index is 14.6. The van der Waals surface area contributed by atoms with Crippen molar-refractivity contribution in [1.82, 2.24) is 10.2 Å². The number of carbonyl (C=O) groups is 2. The molecule has 0 aliphatic carbocycles. The van der Waals surface area contributed by atoms with Crippen LogP contribution >= 0.6 is 23.2 Å². The van der Waals surface area contributed by atoms with Gasteiger partial charge in [-0.1, -0.05) is 84.7 Å². The van der Waals surface area contributed by atoms with Crippen LogP contribution in [0.15, 0.2) is 108 Å². The summed E-state index contributed by atoms with van der Waals surface area (Å²) >= 11 is 12.5. The molecule has 0 aliphatic heterocycles. The van der Waals surface area contributed by atoms with E-state index in [1.165, 1.54) is 17.0 Å². The molecule has 0 unspecified atom stereocenters. The van der Waals surface area contributed by atoms with Crippen LogP contribution in [0.25, 0.3) is 0 Å². The fourth-order valence-corrected chi connectivity index (χ4v) is 6.71. The Bertz CT molecular complexity index is 1740. The summed E-state index contributed by atoms with van der Waals surface area (Å²) in [5.41, 5.74) is 1.73. The zero-order valence-corrected chi connectivity index (χ0v) is 28.9. The third kappa shape index (κ3) is 9.50. The van der Waals surface area contributed by atoms with Gasteiger partial charge in [-0.3, -0.25) is 13.9 Å². The second-order valence-electron chi connectivity index (χ2n) is 11.0. The fourth-order valence-electron chi connectivity index (χ4n) is 4.95. The number of hydrogen-bond acceptors (Lipinski definition) is 5. The van der Waals surface area contributed by atoms with Crippen molar-refractivity contribution in [2.45, 2.75) is 57.1 Å². The predicted molar refractivity (Wildman–Crippen MR) is 187 cm³/mol. The molecule has 248 valence electrons. The van der Waals surface area contributed by atoms with Crippen LogP contribution in [0.3, 0.4) is 0 Å². The second kappa shape index (κ2) is 16.7. The lowest BCUT2D eigenvalue weighted by molar-refractivity contribution is -0.140. The Morgan fingerprint density at radius 1 is 0.830 bits per heavy atom. The molecule has 47 heavy (non-hydrogen) atoms. The first-order chi connectivity index (χ1) is 22.5. The van der Waals surface area contributed by atoms with Gasteiger partial charge >= 0.3 is 0 Å². The molecule has 0 radical (unpaired) electrons. The van der Waals surface area contributed by atoms with Gasteiger partial charge in [0.05, 0.1) is 27.2 Å². The lowest BCUT2D eigenvalue weighted by atomic mass is 10.0. The normalized spacial score (nSPS) is 12.5. The number of hydrogen-bond donors (Lipinski definition) is 1. The number of amides is 2. The highest BCUT2D eigenvalue weighted by Gasteiger charge is 2.35. The summed E-state index contributed by atoms with van der Waals surface area (Å²) < 4.78 is 34.9. The zero-order valence-electron chi connectivity index (χ0n) is 26.6. The van der Waals surface area contributed by atoms with Gasteiger partial charge in [-0.2, -0.15) is 0 Å². The summed E-state index contributed by atoms with van der Waals surface area (Å²) in [5.74, 6) is -0.370. The van der Waals surface area contributed by atoms with Crippen molar-refractivity contribution in [3.05, 3.63) is 124 Å². The number of anilines is 1. The number of nitrogens with zero attached hydrogens (tertiary/aromatic N) is 2. The smallest absolute Gasteiger partial charge is 0.264 e. The van der Waals surface area contributed by atoms with Crippen LogP contribution in [-0.4, -0.2) is 50.4 Å². The van der Waals surface area contributed by atoms with E-state index in [1.807, 2.05) is 51.1 Å². The van der Waals surface area contributed by atoms with Gasteiger partial charge in [0.1, 0.15) is 18.3 Å². The molecule has 2 atom stereocenters. The van der Waals surface area contributed by atoms with Crippen molar-refractivity contribution >= 4 is 50.7 Å².